The first-order valence-electron chi connectivity index (χ1n) is 8.79. The molecule has 134 valence electrons. The number of benzene rings is 1. The first kappa shape index (κ1) is 18.6. The lowest BCUT2D eigenvalue weighted by molar-refractivity contribution is -0.144. The highest BCUT2D eigenvalue weighted by Crippen LogP contribution is 2.36. The number of likely N-dealkylation sites (tertiary alicyclic amines) is 1. The minimum absolute atomic E-state index is 0.229. The van der Waals surface area contributed by atoms with Crippen LogP contribution in [0.5, 0.6) is 11.5 Å². The molecule has 2 rings (SSSR count). The largest absolute Gasteiger partial charge is 0.493 e. The first-order valence-corrected chi connectivity index (χ1v) is 8.79. The molecular formula is C19H29NO4. The van der Waals surface area contributed by atoms with Crippen LogP contribution in [0.4, 0.5) is 0 Å². The summed E-state index contributed by atoms with van der Waals surface area (Å²) in [6, 6.07) is 6.27. The smallest absolute Gasteiger partial charge is 0.307 e. The van der Waals surface area contributed by atoms with E-state index in [1.165, 1.54) is 5.56 Å². The molecule has 0 bridgehead atoms. The van der Waals surface area contributed by atoms with E-state index in [1.54, 1.807) is 14.2 Å². The normalized spacial score (nSPS) is 19.7. The number of aliphatic carboxylic acids is 1. The molecule has 0 radical (unpaired) electrons. The molecule has 1 aliphatic heterocycles. The highest BCUT2D eigenvalue weighted by atomic mass is 16.5. The summed E-state index contributed by atoms with van der Waals surface area (Å²) in [4.78, 5) is 13.7. The van der Waals surface area contributed by atoms with E-state index in [0.717, 1.165) is 50.1 Å². The molecule has 5 heteroatoms. The van der Waals surface area contributed by atoms with Crippen LogP contribution in [0, 0.1) is 5.92 Å². The summed E-state index contributed by atoms with van der Waals surface area (Å²) in [6.07, 6.45) is 4.98. The molecule has 0 spiro atoms. The number of methoxy groups -OCH3 is 2. The van der Waals surface area contributed by atoms with Crippen LogP contribution in [0.2, 0.25) is 0 Å². The van der Waals surface area contributed by atoms with Crippen molar-refractivity contribution in [2.24, 2.45) is 5.92 Å². The van der Waals surface area contributed by atoms with Crippen molar-refractivity contribution in [3.8, 4) is 11.5 Å². The van der Waals surface area contributed by atoms with Gasteiger partial charge in [-0.1, -0.05) is 25.8 Å². The first-order chi connectivity index (χ1) is 11.6. The molecule has 1 N–H and O–H groups in total. The topological polar surface area (TPSA) is 59.0 Å². The minimum atomic E-state index is -0.679. The van der Waals surface area contributed by atoms with E-state index in [-0.39, 0.29) is 12.0 Å². The van der Waals surface area contributed by atoms with Gasteiger partial charge in [-0.15, -0.1) is 0 Å². The fourth-order valence-electron chi connectivity index (χ4n) is 3.51. The summed E-state index contributed by atoms with van der Waals surface area (Å²) >= 11 is 0. The quantitative estimate of drug-likeness (QED) is 0.784. The number of unbranched alkanes of at least 4 members (excludes halogenated alkanes) is 1. The molecule has 0 aromatic heterocycles. The maximum atomic E-state index is 11.4. The fourth-order valence-corrected chi connectivity index (χ4v) is 3.51. The molecule has 1 heterocycles. The van der Waals surface area contributed by atoms with Crippen molar-refractivity contribution in [2.45, 2.75) is 45.1 Å². The maximum Gasteiger partial charge on any atom is 0.307 e. The number of piperidine rings is 1. The number of nitrogens with zero attached hydrogens (tertiary/aromatic N) is 1. The molecule has 2 unspecified atom stereocenters. The highest BCUT2D eigenvalue weighted by molar-refractivity contribution is 5.70. The second-order valence-corrected chi connectivity index (χ2v) is 6.44. The lowest BCUT2D eigenvalue weighted by atomic mass is 9.92. The van der Waals surface area contributed by atoms with Gasteiger partial charge in [-0.2, -0.15) is 0 Å². The van der Waals surface area contributed by atoms with Crippen LogP contribution in [0.15, 0.2) is 18.2 Å². The Labute approximate surface area is 144 Å². The predicted molar refractivity (Wildman–Crippen MR) is 93.7 cm³/mol. The Hall–Kier alpha value is -1.75. The Morgan fingerprint density at radius 2 is 2.08 bits per heavy atom. The molecule has 5 nitrogen and oxygen atoms in total. The van der Waals surface area contributed by atoms with Crippen molar-refractivity contribution in [1.29, 1.82) is 0 Å². The minimum Gasteiger partial charge on any atom is -0.493 e. The number of rotatable bonds is 8. The second-order valence-electron chi connectivity index (χ2n) is 6.44. The van der Waals surface area contributed by atoms with Crippen molar-refractivity contribution >= 4 is 5.97 Å². The standard InChI is InChI=1S/C19H29NO4/c1-4-5-8-16(20-11-6-7-15(13-20)19(21)22)14-9-10-17(23-2)18(12-14)24-3/h9-10,12,15-16H,4-8,11,13H2,1-3H3,(H,21,22). The average molecular weight is 335 g/mol. The van der Waals surface area contributed by atoms with E-state index in [9.17, 15) is 9.90 Å². The summed E-state index contributed by atoms with van der Waals surface area (Å²) in [7, 11) is 3.28. The van der Waals surface area contributed by atoms with Gasteiger partial charge in [0.15, 0.2) is 11.5 Å². The van der Waals surface area contributed by atoms with E-state index in [2.05, 4.69) is 17.9 Å². The molecule has 1 saturated heterocycles. The summed E-state index contributed by atoms with van der Waals surface area (Å²) in [5, 5.41) is 9.37. The van der Waals surface area contributed by atoms with Gasteiger partial charge < -0.3 is 14.6 Å². The third-order valence-electron chi connectivity index (χ3n) is 4.87. The van der Waals surface area contributed by atoms with Crippen LogP contribution in [0.1, 0.15) is 50.6 Å². The SMILES string of the molecule is CCCCC(c1ccc(OC)c(OC)c1)N1CCCC(C(=O)O)C1. The fraction of sp³-hybridized carbons (Fsp3) is 0.632. The second kappa shape index (κ2) is 8.92. The van der Waals surface area contributed by atoms with Gasteiger partial charge >= 0.3 is 5.97 Å². The Morgan fingerprint density at radius 3 is 2.71 bits per heavy atom. The summed E-state index contributed by atoms with van der Waals surface area (Å²) < 4.78 is 10.8. The van der Waals surface area contributed by atoms with Crippen molar-refractivity contribution in [3.63, 3.8) is 0 Å². The van der Waals surface area contributed by atoms with Crippen LogP contribution >= 0.6 is 0 Å². The maximum absolute atomic E-state index is 11.4. The van der Waals surface area contributed by atoms with Crippen LogP contribution < -0.4 is 9.47 Å². The zero-order chi connectivity index (χ0) is 17.5. The van der Waals surface area contributed by atoms with E-state index in [4.69, 9.17) is 9.47 Å². The van der Waals surface area contributed by atoms with E-state index < -0.39 is 5.97 Å². The van der Waals surface area contributed by atoms with Gasteiger partial charge in [0.25, 0.3) is 0 Å². The Morgan fingerprint density at radius 1 is 1.33 bits per heavy atom. The van der Waals surface area contributed by atoms with Gasteiger partial charge in [0.1, 0.15) is 0 Å². The Bertz CT molecular complexity index is 546. The highest BCUT2D eigenvalue weighted by Gasteiger charge is 2.30. The lowest BCUT2D eigenvalue weighted by Gasteiger charge is -2.37. The Kier molecular flexibility index (Phi) is 6.91. The van der Waals surface area contributed by atoms with Gasteiger partial charge in [0.05, 0.1) is 20.1 Å². The molecule has 2 atom stereocenters. The van der Waals surface area contributed by atoms with E-state index >= 15 is 0 Å². The Balaban J connectivity index is 2.25. The summed E-state index contributed by atoms with van der Waals surface area (Å²) in [6.45, 7) is 3.76. The van der Waals surface area contributed by atoms with Gasteiger partial charge in [0, 0.05) is 12.6 Å². The molecule has 1 fully saturated rings. The summed E-state index contributed by atoms with van der Waals surface area (Å²) in [5.74, 6) is 0.505. The number of hydrogen-bond donors (Lipinski definition) is 1. The third-order valence-corrected chi connectivity index (χ3v) is 4.87. The summed E-state index contributed by atoms with van der Waals surface area (Å²) in [5.41, 5.74) is 1.17. The molecule has 1 aromatic rings. The number of carbonyl (C=O) groups is 1. The van der Waals surface area contributed by atoms with E-state index in [1.807, 2.05) is 12.1 Å². The molecule has 0 saturated carbocycles. The van der Waals surface area contributed by atoms with Crippen molar-refractivity contribution in [2.75, 3.05) is 27.3 Å². The van der Waals surface area contributed by atoms with Gasteiger partial charge in [-0.25, -0.2) is 0 Å². The van der Waals surface area contributed by atoms with Crippen LogP contribution in [-0.2, 0) is 4.79 Å². The number of hydrogen-bond acceptors (Lipinski definition) is 4. The van der Waals surface area contributed by atoms with Crippen molar-refractivity contribution in [1.82, 2.24) is 4.90 Å². The average Bonchev–Trinajstić information content (AvgIpc) is 2.62. The van der Waals surface area contributed by atoms with Crippen molar-refractivity contribution < 1.29 is 19.4 Å². The third kappa shape index (κ3) is 4.41. The van der Waals surface area contributed by atoms with Crippen LogP contribution in [0.25, 0.3) is 0 Å². The zero-order valence-corrected chi connectivity index (χ0v) is 15.0. The van der Waals surface area contributed by atoms with Crippen LogP contribution in [-0.4, -0.2) is 43.3 Å². The zero-order valence-electron chi connectivity index (χ0n) is 15.0. The van der Waals surface area contributed by atoms with E-state index in [0.29, 0.717) is 6.54 Å². The molecule has 1 aliphatic rings. The lowest BCUT2D eigenvalue weighted by Crippen LogP contribution is -2.40. The molecule has 0 amide bonds. The van der Waals surface area contributed by atoms with Gasteiger partial charge in [0.2, 0.25) is 0 Å². The molecule has 24 heavy (non-hydrogen) atoms. The van der Waals surface area contributed by atoms with Gasteiger partial charge in [-0.05, 0) is 43.5 Å². The molecule has 0 aliphatic carbocycles. The van der Waals surface area contributed by atoms with Crippen molar-refractivity contribution in [3.05, 3.63) is 23.8 Å². The van der Waals surface area contributed by atoms with Crippen LogP contribution in [0.3, 0.4) is 0 Å². The predicted octanol–water partition coefficient (Wildman–Crippen LogP) is 3.73. The van der Waals surface area contributed by atoms with Gasteiger partial charge in [-0.3, -0.25) is 9.69 Å². The molecular weight excluding hydrogens is 306 g/mol. The monoisotopic (exact) mass is 335 g/mol. The number of ether oxygens (including phenoxy) is 2. The number of carboxylic acid groups (broad SMARTS) is 1. The number of carboxylic acids is 1. The molecule has 1 aromatic carbocycles.